The molecule has 0 heterocycles. The van der Waals surface area contributed by atoms with Crippen LogP contribution in [0, 0.1) is 0 Å². The number of carboxylic acid groups (broad SMARTS) is 1. The fourth-order valence-electron chi connectivity index (χ4n) is 0.940. The molecule has 0 fully saturated rings. The maximum atomic E-state index is 11.2. The normalized spacial score (nSPS) is 13.2. The van der Waals surface area contributed by atoms with Crippen LogP contribution in [-0.4, -0.2) is 32.7 Å². The Labute approximate surface area is 113 Å². The van der Waals surface area contributed by atoms with Crippen molar-refractivity contribution in [1.82, 2.24) is 5.32 Å². The molecule has 2 N–H and O–H groups in total. The largest absolute Gasteiger partial charge is 0.480 e. The molecular weight excluding hydrogens is 300 g/mol. The van der Waals surface area contributed by atoms with Crippen LogP contribution in [0.5, 0.6) is 0 Å². The van der Waals surface area contributed by atoms with E-state index in [0.717, 1.165) is 0 Å². The van der Waals surface area contributed by atoms with E-state index in [9.17, 15) is 9.59 Å². The third kappa shape index (κ3) is 6.63. The highest BCUT2D eigenvalue weighted by atomic mass is 35.6. The number of rotatable bonds is 6. The van der Waals surface area contributed by atoms with Crippen LogP contribution in [0.2, 0.25) is 0 Å². The fourth-order valence-corrected chi connectivity index (χ4v) is 1.29. The Kier molecular flexibility index (Phi) is 7.48. The Morgan fingerprint density at radius 2 is 1.81 bits per heavy atom. The van der Waals surface area contributed by atoms with Crippen LogP contribution in [0.15, 0.2) is 0 Å². The zero-order valence-corrected chi connectivity index (χ0v) is 11.2. The summed E-state index contributed by atoms with van der Waals surface area (Å²) in [7, 11) is 0. The van der Waals surface area contributed by atoms with Crippen molar-refractivity contribution in [2.75, 3.05) is 5.88 Å². The predicted octanol–water partition coefficient (Wildman–Crippen LogP) is 2.34. The number of unbranched alkanes of at least 4 members (excludes halogenated alkanes) is 1. The molecule has 16 heavy (non-hydrogen) atoms. The van der Waals surface area contributed by atoms with Crippen molar-refractivity contribution >= 4 is 58.3 Å². The summed E-state index contributed by atoms with van der Waals surface area (Å²) in [5.41, 5.74) is 0. The van der Waals surface area contributed by atoms with E-state index in [1.807, 2.05) is 0 Å². The maximum absolute atomic E-state index is 11.2. The first kappa shape index (κ1) is 16.1. The molecule has 4 nitrogen and oxygen atoms in total. The van der Waals surface area contributed by atoms with Gasteiger partial charge in [0.25, 0.3) is 9.70 Å². The first-order valence-electron chi connectivity index (χ1n) is 4.45. The molecule has 0 bridgehead atoms. The number of alkyl halides is 4. The number of carboxylic acids is 1. The lowest BCUT2D eigenvalue weighted by Crippen LogP contribution is -2.45. The van der Waals surface area contributed by atoms with Gasteiger partial charge in [0.15, 0.2) is 0 Å². The molecule has 0 saturated carbocycles. The van der Waals surface area contributed by atoms with Crippen molar-refractivity contribution in [2.24, 2.45) is 0 Å². The molecule has 0 aromatic heterocycles. The lowest BCUT2D eigenvalue weighted by molar-refractivity contribution is -0.141. The molecule has 0 unspecified atom stereocenters. The molecule has 94 valence electrons. The minimum absolute atomic E-state index is 0.245. The second-order valence-corrected chi connectivity index (χ2v) is 5.71. The smallest absolute Gasteiger partial charge is 0.326 e. The van der Waals surface area contributed by atoms with Gasteiger partial charge < -0.3 is 10.4 Å². The van der Waals surface area contributed by atoms with Crippen molar-refractivity contribution in [1.29, 1.82) is 0 Å². The summed E-state index contributed by atoms with van der Waals surface area (Å²) >= 11 is 21.3. The number of aliphatic carboxylic acids is 1. The zero-order chi connectivity index (χ0) is 12.8. The first-order valence-corrected chi connectivity index (χ1v) is 6.12. The number of carbonyl (C=O) groups is 2. The Morgan fingerprint density at radius 1 is 1.25 bits per heavy atom. The standard InChI is InChI=1S/C8H11Cl4NO3/c9-4-2-1-3-5(6(14)15)13-7(16)8(10,11)12/h5H,1-4H2,(H,13,16)(H,14,15)/t5-/m0/s1. The molecule has 0 aromatic rings. The summed E-state index contributed by atoms with van der Waals surface area (Å²) in [5.74, 6) is -1.68. The van der Waals surface area contributed by atoms with E-state index < -0.39 is 21.7 Å². The van der Waals surface area contributed by atoms with Crippen molar-refractivity contribution < 1.29 is 14.7 Å². The number of hydrogen-bond donors (Lipinski definition) is 2. The van der Waals surface area contributed by atoms with Gasteiger partial charge in [-0.15, -0.1) is 11.6 Å². The van der Waals surface area contributed by atoms with Gasteiger partial charge in [-0.3, -0.25) is 4.79 Å². The van der Waals surface area contributed by atoms with Crippen molar-refractivity contribution in [3.8, 4) is 0 Å². The number of hydrogen-bond acceptors (Lipinski definition) is 2. The van der Waals surface area contributed by atoms with Crippen LogP contribution >= 0.6 is 46.4 Å². The monoisotopic (exact) mass is 309 g/mol. The van der Waals surface area contributed by atoms with Crippen LogP contribution in [0.4, 0.5) is 0 Å². The molecule has 8 heteroatoms. The van der Waals surface area contributed by atoms with E-state index in [4.69, 9.17) is 51.5 Å². The molecule has 0 aliphatic heterocycles. The highest BCUT2D eigenvalue weighted by Crippen LogP contribution is 2.26. The summed E-state index contributed by atoms with van der Waals surface area (Å²) in [5, 5.41) is 10.9. The highest BCUT2D eigenvalue weighted by Gasteiger charge is 2.33. The third-order valence-corrected chi connectivity index (χ3v) is 2.52. The number of nitrogens with one attached hydrogen (secondary N) is 1. The molecular formula is C8H11Cl4NO3. The van der Waals surface area contributed by atoms with Crippen LogP contribution in [0.25, 0.3) is 0 Å². The lowest BCUT2D eigenvalue weighted by Gasteiger charge is -2.17. The average molecular weight is 311 g/mol. The minimum atomic E-state index is -2.15. The third-order valence-electron chi connectivity index (χ3n) is 1.74. The van der Waals surface area contributed by atoms with Gasteiger partial charge in [0.05, 0.1) is 0 Å². The Bertz CT molecular complexity index is 254. The number of carbonyl (C=O) groups excluding carboxylic acids is 1. The highest BCUT2D eigenvalue weighted by molar-refractivity contribution is 6.76. The summed E-state index contributed by atoms with van der Waals surface area (Å²) in [4.78, 5) is 22.0. The summed E-state index contributed by atoms with van der Waals surface area (Å²) in [6, 6.07) is -1.06. The van der Waals surface area contributed by atoms with Gasteiger partial charge in [-0.2, -0.15) is 0 Å². The summed E-state index contributed by atoms with van der Waals surface area (Å²) in [6.07, 6.45) is 1.48. The van der Waals surface area contributed by atoms with Crippen LogP contribution in [-0.2, 0) is 9.59 Å². The Hall–Kier alpha value is 0.1000. The molecule has 0 rings (SSSR count). The quantitative estimate of drug-likeness (QED) is 0.584. The second kappa shape index (κ2) is 7.43. The number of halogens is 4. The van der Waals surface area contributed by atoms with Gasteiger partial charge in [-0.05, 0) is 19.3 Å². The van der Waals surface area contributed by atoms with Crippen LogP contribution in [0.1, 0.15) is 19.3 Å². The fraction of sp³-hybridized carbons (Fsp3) is 0.750. The van der Waals surface area contributed by atoms with Crippen molar-refractivity contribution in [2.45, 2.75) is 29.1 Å². The molecule has 0 saturated heterocycles. The summed E-state index contributed by atoms with van der Waals surface area (Å²) in [6.45, 7) is 0. The lowest BCUT2D eigenvalue weighted by atomic mass is 10.1. The molecule has 0 aromatic carbocycles. The second-order valence-electron chi connectivity index (χ2n) is 3.05. The topological polar surface area (TPSA) is 66.4 Å². The van der Waals surface area contributed by atoms with E-state index in [1.165, 1.54) is 0 Å². The Balaban J connectivity index is 4.24. The SMILES string of the molecule is O=C(O)[C@H](CCCCCl)NC(=O)C(Cl)(Cl)Cl. The van der Waals surface area contributed by atoms with Crippen molar-refractivity contribution in [3.05, 3.63) is 0 Å². The van der Waals surface area contributed by atoms with E-state index in [0.29, 0.717) is 18.7 Å². The van der Waals surface area contributed by atoms with E-state index in [1.54, 1.807) is 0 Å². The van der Waals surface area contributed by atoms with Crippen LogP contribution < -0.4 is 5.32 Å². The molecule has 0 aliphatic rings. The predicted molar refractivity (Wildman–Crippen MR) is 64.4 cm³/mol. The Morgan fingerprint density at radius 3 is 2.19 bits per heavy atom. The van der Waals surface area contributed by atoms with Gasteiger partial charge in [0.1, 0.15) is 6.04 Å². The average Bonchev–Trinajstić information content (AvgIpc) is 2.14. The zero-order valence-electron chi connectivity index (χ0n) is 8.18. The van der Waals surface area contributed by atoms with E-state index in [-0.39, 0.29) is 6.42 Å². The first-order chi connectivity index (χ1) is 7.29. The van der Waals surface area contributed by atoms with Gasteiger partial charge in [0, 0.05) is 5.88 Å². The van der Waals surface area contributed by atoms with Gasteiger partial charge in [-0.1, -0.05) is 34.8 Å². The van der Waals surface area contributed by atoms with Gasteiger partial charge in [-0.25, -0.2) is 4.79 Å². The van der Waals surface area contributed by atoms with Gasteiger partial charge >= 0.3 is 5.97 Å². The molecule has 0 aliphatic carbocycles. The summed E-state index contributed by atoms with van der Waals surface area (Å²) < 4.78 is -2.15. The molecule has 1 amide bonds. The molecule has 0 radical (unpaired) electrons. The maximum Gasteiger partial charge on any atom is 0.326 e. The van der Waals surface area contributed by atoms with E-state index in [2.05, 4.69) is 5.32 Å². The van der Waals surface area contributed by atoms with Crippen molar-refractivity contribution in [3.63, 3.8) is 0 Å². The number of amides is 1. The minimum Gasteiger partial charge on any atom is -0.480 e. The van der Waals surface area contributed by atoms with E-state index >= 15 is 0 Å². The molecule has 1 atom stereocenters. The van der Waals surface area contributed by atoms with Crippen LogP contribution in [0.3, 0.4) is 0 Å². The van der Waals surface area contributed by atoms with Gasteiger partial charge in [0.2, 0.25) is 0 Å². The molecule has 0 spiro atoms.